The summed E-state index contributed by atoms with van der Waals surface area (Å²) in [6.07, 6.45) is 5.89. The molecular weight excluding hydrogens is 308 g/mol. The molecule has 1 atom stereocenters. The summed E-state index contributed by atoms with van der Waals surface area (Å²) in [4.78, 5) is 0. The van der Waals surface area contributed by atoms with Crippen LogP contribution in [-0.2, 0) is 13.6 Å². The molecular formula is C13H19ClN6S. The first kappa shape index (κ1) is 14.9. The van der Waals surface area contributed by atoms with Crippen molar-refractivity contribution in [3.63, 3.8) is 0 Å². The maximum Gasteiger partial charge on any atom is 0.191 e. The smallest absolute Gasteiger partial charge is 0.191 e. The second-order valence-corrected chi connectivity index (χ2v) is 6.71. The second kappa shape index (κ2) is 6.81. The van der Waals surface area contributed by atoms with Gasteiger partial charge >= 0.3 is 0 Å². The highest BCUT2D eigenvalue weighted by Gasteiger charge is 2.21. The van der Waals surface area contributed by atoms with Gasteiger partial charge in [-0.05, 0) is 19.4 Å². The zero-order valence-electron chi connectivity index (χ0n) is 12.0. The average Bonchev–Trinajstić information content (AvgIpc) is 3.07. The van der Waals surface area contributed by atoms with E-state index in [1.165, 1.54) is 12.8 Å². The lowest BCUT2D eigenvalue weighted by atomic mass is 9.99. The lowest BCUT2D eigenvalue weighted by Gasteiger charge is -2.21. The van der Waals surface area contributed by atoms with E-state index in [-0.39, 0.29) is 0 Å². The number of hydrogen-bond donors (Lipinski definition) is 1. The van der Waals surface area contributed by atoms with Gasteiger partial charge in [0.15, 0.2) is 5.16 Å². The van der Waals surface area contributed by atoms with Gasteiger partial charge in [-0.1, -0.05) is 23.4 Å². The molecule has 1 saturated heterocycles. The molecule has 0 aromatic carbocycles. The molecule has 3 heterocycles. The van der Waals surface area contributed by atoms with Crippen molar-refractivity contribution in [2.75, 3.05) is 18.8 Å². The summed E-state index contributed by atoms with van der Waals surface area (Å²) in [5.74, 6) is 2.47. The predicted molar refractivity (Wildman–Crippen MR) is 83.8 cm³/mol. The number of aromatic nitrogens is 5. The lowest BCUT2D eigenvalue weighted by Crippen LogP contribution is -2.29. The van der Waals surface area contributed by atoms with Gasteiger partial charge < -0.3 is 9.88 Å². The largest absolute Gasteiger partial charge is 0.316 e. The van der Waals surface area contributed by atoms with Crippen LogP contribution in [0.25, 0.3) is 0 Å². The number of halogens is 1. The Kier molecular flexibility index (Phi) is 4.82. The molecule has 0 aliphatic carbocycles. The Labute approximate surface area is 133 Å². The van der Waals surface area contributed by atoms with Crippen LogP contribution in [0.5, 0.6) is 0 Å². The predicted octanol–water partition coefficient (Wildman–Crippen LogP) is 1.92. The van der Waals surface area contributed by atoms with Gasteiger partial charge in [0.1, 0.15) is 5.82 Å². The third-order valence-corrected chi connectivity index (χ3v) is 4.88. The summed E-state index contributed by atoms with van der Waals surface area (Å²) in [5, 5.41) is 17.9. The van der Waals surface area contributed by atoms with Crippen LogP contribution in [0.3, 0.4) is 0 Å². The van der Waals surface area contributed by atoms with Crippen molar-refractivity contribution in [3.05, 3.63) is 23.2 Å². The van der Waals surface area contributed by atoms with Crippen LogP contribution in [0.15, 0.2) is 17.6 Å². The molecule has 1 unspecified atom stereocenters. The van der Waals surface area contributed by atoms with Gasteiger partial charge in [0.2, 0.25) is 0 Å². The van der Waals surface area contributed by atoms with Crippen molar-refractivity contribution in [1.29, 1.82) is 0 Å². The fraction of sp³-hybridized carbons (Fsp3) is 0.615. The number of aryl methyl sites for hydroxylation is 1. The fourth-order valence-electron chi connectivity index (χ4n) is 2.57. The van der Waals surface area contributed by atoms with E-state index >= 15 is 0 Å². The lowest BCUT2D eigenvalue weighted by molar-refractivity contribution is 0.436. The van der Waals surface area contributed by atoms with Gasteiger partial charge in [-0.3, -0.25) is 4.68 Å². The van der Waals surface area contributed by atoms with E-state index in [1.54, 1.807) is 18.0 Å². The number of nitrogens with one attached hydrogen (secondary N) is 1. The number of rotatable bonds is 5. The Morgan fingerprint density at radius 3 is 3.10 bits per heavy atom. The van der Waals surface area contributed by atoms with Crippen molar-refractivity contribution in [1.82, 2.24) is 29.9 Å². The van der Waals surface area contributed by atoms with Crippen LogP contribution in [0.4, 0.5) is 0 Å². The third kappa shape index (κ3) is 3.59. The number of nitrogens with zero attached hydrogens (tertiary/aromatic N) is 5. The molecule has 1 aliphatic rings. The van der Waals surface area contributed by atoms with E-state index in [2.05, 4.69) is 32.2 Å². The van der Waals surface area contributed by atoms with Crippen molar-refractivity contribution in [3.8, 4) is 0 Å². The van der Waals surface area contributed by atoms with E-state index in [0.29, 0.717) is 10.9 Å². The van der Waals surface area contributed by atoms with Crippen molar-refractivity contribution >= 4 is 23.4 Å². The summed E-state index contributed by atoms with van der Waals surface area (Å²) < 4.78 is 3.97. The fourth-order valence-corrected chi connectivity index (χ4v) is 3.57. The monoisotopic (exact) mass is 326 g/mol. The Balaban J connectivity index is 1.57. The van der Waals surface area contributed by atoms with Crippen molar-refractivity contribution in [2.24, 2.45) is 7.05 Å². The number of hydrogen-bond acceptors (Lipinski definition) is 5. The molecule has 1 aliphatic heterocycles. The molecule has 2 aromatic rings. The Morgan fingerprint density at radius 2 is 2.38 bits per heavy atom. The van der Waals surface area contributed by atoms with E-state index in [9.17, 15) is 0 Å². The number of thioether (sulfide) groups is 1. The van der Waals surface area contributed by atoms with E-state index in [0.717, 1.165) is 36.4 Å². The van der Waals surface area contributed by atoms with Gasteiger partial charge in [0.25, 0.3) is 0 Å². The summed E-state index contributed by atoms with van der Waals surface area (Å²) >= 11 is 7.55. The van der Waals surface area contributed by atoms with Gasteiger partial charge in [-0.2, -0.15) is 5.10 Å². The summed E-state index contributed by atoms with van der Waals surface area (Å²) in [6.45, 7) is 2.93. The molecule has 2 aromatic heterocycles. The molecule has 0 spiro atoms. The summed E-state index contributed by atoms with van der Waals surface area (Å²) in [6, 6.07) is 0. The van der Waals surface area contributed by atoms with Gasteiger partial charge in [-0.25, -0.2) is 0 Å². The molecule has 3 rings (SSSR count). The van der Waals surface area contributed by atoms with E-state index in [4.69, 9.17) is 11.6 Å². The van der Waals surface area contributed by atoms with Gasteiger partial charge in [0, 0.05) is 31.5 Å². The molecule has 1 N–H and O–H groups in total. The number of piperidine rings is 1. The van der Waals surface area contributed by atoms with Crippen LogP contribution < -0.4 is 5.32 Å². The maximum absolute atomic E-state index is 5.85. The molecule has 21 heavy (non-hydrogen) atoms. The normalized spacial score (nSPS) is 19.0. The quantitative estimate of drug-likeness (QED) is 0.851. The molecule has 0 amide bonds. The zero-order chi connectivity index (χ0) is 14.7. The standard InChI is InChI=1S/C13H19ClN6S/c1-19-12(10-3-2-4-15-7-10)17-18-13(19)21-6-5-20-9-11(14)8-16-20/h8-10,15H,2-7H2,1H3. The summed E-state index contributed by atoms with van der Waals surface area (Å²) in [7, 11) is 2.05. The first-order valence-corrected chi connectivity index (χ1v) is 8.51. The molecule has 8 heteroatoms. The molecule has 0 bridgehead atoms. The SMILES string of the molecule is Cn1c(SCCn2cc(Cl)cn2)nnc1C1CCCNC1. The minimum Gasteiger partial charge on any atom is -0.316 e. The van der Waals surface area contributed by atoms with E-state index in [1.807, 2.05) is 10.9 Å². The van der Waals surface area contributed by atoms with Crippen molar-refractivity contribution in [2.45, 2.75) is 30.5 Å². The Hall–Kier alpha value is -1.05. The van der Waals surface area contributed by atoms with Gasteiger partial charge in [0.05, 0.1) is 17.8 Å². The molecule has 0 saturated carbocycles. The average molecular weight is 327 g/mol. The first-order chi connectivity index (χ1) is 10.2. The van der Waals surface area contributed by atoms with Crippen molar-refractivity contribution < 1.29 is 0 Å². The van der Waals surface area contributed by atoms with Crippen LogP contribution in [-0.4, -0.2) is 43.4 Å². The minimum absolute atomic E-state index is 0.482. The maximum atomic E-state index is 5.85. The van der Waals surface area contributed by atoms with Crippen LogP contribution in [0.2, 0.25) is 5.02 Å². The Bertz CT molecular complexity index is 589. The van der Waals surface area contributed by atoms with Gasteiger partial charge in [-0.15, -0.1) is 10.2 Å². The molecule has 6 nitrogen and oxygen atoms in total. The molecule has 1 fully saturated rings. The third-order valence-electron chi connectivity index (χ3n) is 3.68. The van der Waals surface area contributed by atoms with Crippen LogP contribution in [0, 0.1) is 0 Å². The van der Waals surface area contributed by atoms with Crippen LogP contribution >= 0.6 is 23.4 Å². The highest BCUT2D eigenvalue weighted by atomic mass is 35.5. The first-order valence-electron chi connectivity index (χ1n) is 7.15. The zero-order valence-corrected chi connectivity index (χ0v) is 13.6. The molecule has 0 radical (unpaired) electrons. The highest BCUT2D eigenvalue weighted by Crippen LogP contribution is 2.24. The summed E-state index contributed by atoms with van der Waals surface area (Å²) in [5.41, 5.74) is 0. The topological polar surface area (TPSA) is 60.6 Å². The van der Waals surface area contributed by atoms with Crippen LogP contribution in [0.1, 0.15) is 24.6 Å². The molecule has 114 valence electrons. The minimum atomic E-state index is 0.482. The Morgan fingerprint density at radius 1 is 1.48 bits per heavy atom. The highest BCUT2D eigenvalue weighted by molar-refractivity contribution is 7.99. The second-order valence-electron chi connectivity index (χ2n) is 5.21. The van der Waals surface area contributed by atoms with E-state index < -0.39 is 0 Å².